The Balaban J connectivity index is 2.60. The normalized spacial score (nSPS) is 11.1. The Hall–Kier alpha value is -1.62. The van der Waals surface area contributed by atoms with E-state index < -0.39 is 0 Å². The average molecular weight is 251 g/mol. The predicted octanol–water partition coefficient (Wildman–Crippen LogP) is 2.15. The zero-order valence-corrected chi connectivity index (χ0v) is 11.4. The van der Waals surface area contributed by atoms with E-state index in [0.29, 0.717) is 19.0 Å². The van der Waals surface area contributed by atoms with E-state index in [0.717, 1.165) is 5.69 Å². The Morgan fingerprint density at radius 3 is 2.72 bits per heavy atom. The molecule has 0 unspecified atom stereocenters. The third kappa shape index (κ3) is 4.71. The average Bonchev–Trinajstić information content (AvgIpc) is 2.28. The van der Waals surface area contributed by atoms with Crippen LogP contribution in [0.3, 0.4) is 0 Å². The summed E-state index contributed by atoms with van der Waals surface area (Å²) in [7, 11) is 1.59. The van der Waals surface area contributed by atoms with Crippen molar-refractivity contribution in [1.29, 1.82) is 0 Å². The fourth-order valence-electron chi connectivity index (χ4n) is 1.35. The van der Waals surface area contributed by atoms with Crippen LogP contribution in [-0.4, -0.2) is 31.3 Å². The molecule has 1 rings (SSSR count). The van der Waals surface area contributed by atoms with Gasteiger partial charge in [-0.2, -0.15) is 0 Å². The first-order valence-electron chi connectivity index (χ1n) is 5.95. The van der Waals surface area contributed by atoms with Gasteiger partial charge in [-0.05, 0) is 12.1 Å². The molecule has 2 amide bonds. The molecule has 2 N–H and O–H groups in total. The van der Waals surface area contributed by atoms with E-state index in [9.17, 15) is 4.79 Å². The number of anilines is 1. The number of ether oxygens (including phenoxy) is 1. The number of urea groups is 1. The lowest BCUT2D eigenvalue weighted by molar-refractivity contribution is 0.198. The van der Waals surface area contributed by atoms with Crippen LogP contribution in [0.2, 0.25) is 0 Å². The molecule has 1 aromatic heterocycles. The summed E-state index contributed by atoms with van der Waals surface area (Å²) >= 11 is 0. The second-order valence-corrected chi connectivity index (χ2v) is 5.03. The van der Waals surface area contributed by atoms with Gasteiger partial charge in [0.05, 0.1) is 6.61 Å². The molecule has 1 heterocycles. The van der Waals surface area contributed by atoms with Crippen molar-refractivity contribution in [3.8, 4) is 0 Å². The standard InChI is InChI=1S/C13H21N3O2/c1-13(2,3)10-6-5-7-11(15-10)16-12(17)14-8-9-18-4/h5-7H,8-9H2,1-4H3,(H2,14,15,16,17). The van der Waals surface area contributed by atoms with Gasteiger partial charge in [0, 0.05) is 24.8 Å². The van der Waals surface area contributed by atoms with Crippen LogP contribution in [-0.2, 0) is 10.2 Å². The van der Waals surface area contributed by atoms with Gasteiger partial charge in [0.2, 0.25) is 0 Å². The smallest absolute Gasteiger partial charge is 0.320 e. The van der Waals surface area contributed by atoms with Crippen LogP contribution in [0.15, 0.2) is 18.2 Å². The Morgan fingerprint density at radius 1 is 1.39 bits per heavy atom. The molecule has 100 valence electrons. The number of nitrogens with zero attached hydrogens (tertiary/aromatic N) is 1. The van der Waals surface area contributed by atoms with E-state index in [1.807, 2.05) is 12.1 Å². The van der Waals surface area contributed by atoms with Gasteiger partial charge in [0.1, 0.15) is 5.82 Å². The monoisotopic (exact) mass is 251 g/mol. The lowest BCUT2D eigenvalue weighted by Gasteiger charge is -2.18. The molecule has 0 spiro atoms. The molecule has 0 atom stereocenters. The quantitative estimate of drug-likeness (QED) is 0.806. The molecule has 5 heteroatoms. The predicted molar refractivity (Wildman–Crippen MR) is 71.8 cm³/mol. The first-order valence-corrected chi connectivity index (χ1v) is 5.95. The fourth-order valence-corrected chi connectivity index (χ4v) is 1.35. The maximum absolute atomic E-state index is 11.5. The van der Waals surface area contributed by atoms with E-state index in [4.69, 9.17) is 4.74 Å². The minimum atomic E-state index is -0.273. The lowest BCUT2D eigenvalue weighted by Crippen LogP contribution is -2.31. The fraction of sp³-hybridized carbons (Fsp3) is 0.538. The SMILES string of the molecule is COCCNC(=O)Nc1cccc(C(C)(C)C)n1. The summed E-state index contributed by atoms with van der Waals surface area (Å²) in [4.78, 5) is 15.9. The number of hydrogen-bond donors (Lipinski definition) is 2. The number of carbonyl (C=O) groups is 1. The van der Waals surface area contributed by atoms with Crippen molar-refractivity contribution >= 4 is 11.8 Å². The summed E-state index contributed by atoms with van der Waals surface area (Å²) in [5.41, 5.74) is 0.904. The van der Waals surface area contributed by atoms with Crippen LogP contribution >= 0.6 is 0 Å². The summed E-state index contributed by atoms with van der Waals surface area (Å²) in [5.74, 6) is 0.553. The van der Waals surface area contributed by atoms with Crippen molar-refractivity contribution < 1.29 is 9.53 Å². The highest BCUT2D eigenvalue weighted by Gasteiger charge is 2.15. The Morgan fingerprint density at radius 2 is 2.11 bits per heavy atom. The van der Waals surface area contributed by atoms with Crippen LogP contribution in [0.5, 0.6) is 0 Å². The molecule has 18 heavy (non-hydrogen) atoms. The van der Waals surface area contributed by atoms with Gasteiger partial charge in [0.15, 0.2) is 0 Å². The highest BCUT2D eigenvalue weighted by atomic mass is 16.5. The van der Waals surface area contributed by atoms with Gasteiger partial charge in [-0.25, -0.2) is 9.78 Å². The number of carbonyl (C=O) groups excluding carboxylic acids is 1. The molecule has 0 saturated carbocycles. The number of nitrogens with one attached hydrogen (secondary N) is 2. The number of rotatable bonds is 4. The van der Waals surface area contributed by atoms with Gasteiger partial charge in [-0.15, -0.1) is 0 Å². The molecule has 0 bridgehead atoms. The maximum atomic E-state index is 11.5. The van der Waals surface area contributed by atoms with Crippen LogP contribution in [0.1, 0.15) is 26.5 Å². The molecule has 1 aromatic rings. The Kier molecular flexibility index (Phi) is 5.09. The first kappa shape index (κ1) is 14.4. The molecule has 0 aliphatic carbocycles. The molecular weight excluding hydrogens is 230 g/mol. The minimum Gasteiger partial charge on any atom is -0.383 e. The van der Waals surface area contributed by atoms with Crippen LogP contribution in [0, 0.1) is 0 Å². The van der Waals surface area contributed by atoms with E-state index in [1.54, 1.807) is 13.2 Å². The number of hydrogen-bond acceptors (Lipinski definition) is 3. The highest BCUT2D eigenvalue weighted by molar-refractivity contribution is 5.88. The molecular formula is C13H21N3O2. The van der Waals surface area contributed by atoms with E-state index >= 15 is 0 Å². The lowest BCUT2D eigenvalue weighted by atomic mass is 9.92. The zero-order valence-electron chi connectivity index (χ0n) is 11.4. The topological polar surface area (TPSA) is 63.2 Å². The maximum Gasteiger partial charge on any atom is 0.320 e. The van der Waals surface area contributed by atoms with Crippen molar-refractivity contribution in [2.45, 2.75) is 26.2 Å². The summed E-state index contributed by atoms with van der Waals surface area (Å²) in [5, 5.41) is 5.37. The summed E-state index contributed by atoms with van der Waals surface area (Å²) in [6, 6.07) is 5.34. The van der Waals surface area contributed by atoms with Gasteiger partial charge in [0.25, 0.3) is 0 Å². The molecule has 0 saturated heterocycles. The second kappa shape index (κ2) is 6.35. The van der Waals surface area contributed by atoms with Crippen LogP contribution < -0.4 is 10.6 Å². The number of methoxy groups -OCH3 is 1. The number of aromatic nitrogens is 1. The highest BCUT2D eigenvalue weighted by Crippen LogP contribution is 2.20. The van der Waals surface area contributed by atoms with Gasteiger partial charge in [-0.3, -0.25) is 5.32 Å². The molecule has 0 aliphatic heterocycles. The Bertz CT molecular complexity index is 399. The van der Waals surface area contributed by atoms with E-state index in [-0.39, 0.29) is 11.4 Å². The molecule has 0 fully saturated rings. The third-order valence-corrected chi connectivity index (χ3v) is 2.35. The van der Waals surface area contributed by atoms with Crippen molar-refractivity contribution in [3.63, 3.8) is 0 Å². The van der Waals surface area contributed by atoms with Crippen LogP contribution in [0.25, 0.3) is 0 Å². The second-order valence-electron chi connectivity index (χ2n) is 5.03. The molecule has 0 radical (unpaired) electrons. The van der Waals surface area contributed by atoms with Crippen molar-refractivity contribution in [2.24, 2.45) is 0 Å². The van der Waals surface area contributed by atoms with Gasteiger partial charge in [-0.1, -0.05) is 26.8 Å². The number of amides is 2. The first-order chi connectivity index (χ1) is 8.43. The van der Waals surface area contributed by atoms with Crippen molar-refractivity contribution in [3.05, 3.63) is 23.9 Å². The summed E-state index contributed by atoms with van der Waals surface area (Å²) in [6.07, 6.45) is 0. The molecule has 0 aliphatic rings. The summed E-state index contributed by atoms with van der Waals surface area (Å²) < 4.78 is 4.85. The van der Waals surface area contributed by atoms with Gasteiger partial charge >= 0.3 is 6.03 Å². The van der Waals surface area contributed by atoms with Crippen molar-refractivity contribution in [2.75, 3.05) is 25.6 Å². The van der Waals surface area contributed by atoms with Crippen LogP contribution in [0.4, 0.5) is 10.6 Å². The number of pyridine rings is 1. The molecule has 5 nitrogen and oxygen atoms in total. The van der Waals surface area contributed by atoms with E-state index in [2.05, 4.69) is 36.4 Å². The minimum absolute atomic E-state index is 0.0375. The van der Waals surface area contributed by atoms with Crippen molar-refractivity contribution in [1.82, 2.24) is 10.3 Å². The third-order valence-electron chi connectivity index (χ3n) is 2.35. The zero-order chi connectivity index (χ0) is 13.6. The molecule has 0 aromatic carbocycles. The summed E-state index contributed by atoms with van der Waals surface area (Å²) in [6.45, 7) is 7.21. The Labute approximate surface area is 108 Å². The largest absolute Gasteiger partial charge is 0.383 e. The van der Waals surface area contributed by atoms with Gasteiger partial charge < -0.3 is 10.1 Å². The van der Waals surface area contributed by atoms with E-state index in [1.165, 1.54) is 0 Å².